The van der Waals surface area contributed by atoms with Gasteiger partial charge in [-0.3, -0.25) is 4.90 Å². The maximum Gasteiger partial charge on any atom is 0.0623 e. The molecule has 0 spiro atoms. The smallest absolute Gasteiger partial charge is 0.0623 e. The Kier molecular flexibility index (Phi) is 7.82. The molecule has 1 saturated heterocycles. The molecule has 1 rings (SSSR count). The molecule has 0 radical (unpaired) electrons. The van der Waals surface area contributed by atoms with Crippen LogP contribution in [0.15, 0.2) is 0 Å². The van der Waals surface area contributed by atoms with Gasteiger partial charge in [-0.2, -0.15) is 0 Å². The molecule has 1 aliphatic rings. The molecule has 108 valence electrons. The molecule has 4 nitrogen and oxygen atoms in total. The zero-order valence-corrected chi connectivity index (χ0v) is 12.4. The highest BCUT2D eigenvalue weighted by molar-refractivity contribution is 4.84. The monoisotopic (exact) mass is 258 g/mol. The van der Waals surface area contributed by atoms with E-state index in [0.29, 0.717) is 18.0 Å². The van der Waals surface area contributed by atoms with Crippen LogP contribution in [-0.2, 0) is 9.47 Å². The average Bonchev–Trinajstić information content (AvgIpc) is 2.84. The fourth-order valence-corrected chi connectivity index (χ4v) is 2.84. The molecule has 0 aromatic carbocycles. The van der Waals surface area contributed by atoms with E-state index in [1.807, 2.05) is 7.05 Å². The molecule has 1 N–H and O–H groups in total. The fraction of sp³-hybridized carbons (Fsp3) is 1.00. The van der Waals surface area contributed by atoms with E-state index in [1.165, 1.54) is 12.8 Å². The van der Waals surface area contributed by atoms with Gasteiger partial charge >= 0.3 is 0 Å². The van der Waals surface area contributed by atoms with E-state index in [-0.39, 0.29) is 0 Å². The van der Waals surface area contributed by atoms with Crippen LogP contribution in [0.5, 0.6) is 0 Å². The largest absolute Gasteiger partial charge is 0.383 e. The van der Waals surface area contributed by atoms with Crippen LogP contribution in [0.1, 0.15) is 26.7 Å². The molecule has 0 saturated carbocycles. The summed E-state index contributed by atoms with van der Waals surface area (Å²) in [5.74, 6) is 0.604. The van der Waals surface area contributed by atoms with Gasteiger partial charge in [-0.05, 0) is 19.9 Å². The van der Waals surface area contributed by atoms with E-state index >= 15 is 0 Å². The van der Waals surface area contributed by atoms with Crippen molar-refractivity contribution in [2.45, 2.75) is 38.8 Å². The van der Waals surface area contributed by atoms with Crippen molar-refractivity contribution < 1.29 is 9.47 Å². The van der Waals surface area contributed by atoms with E-state index in [0.717, 1.165) is 32.9 Å². The van der Waals surface area contributed by atoms with Gasteiger partial charge in [-0.1, -0.05) is 13.8 Å². The number of nitrogens with zero attached hydrogens (tertiary/aromatic N) is 1. The Balaban J connectivity index is 2.53. The zero-order valence-electron chi connectivity index (χ0n) is 12.4. The first-order valence-corrected chi connectivity index (χ1v) is 7.24. The van der Waals surface area contributed by atoms with Gasteiger partial charge in [0.2, 0.25) is 0 Å². The number of ether oxygens (including phenoxy) is 2. The van der Waals surface area contributed by atoms with Gasteiger partial charge in [0.1, 0.15) is 0 Å². The Morgan fingerprint density at radius 3 is 2.61 bits per heavy atom. The van der Waals surface area contributed by atoms with Crippen molar-refractivity contribution in [1.29, 1.82) is 0 Å². The molecule has 0 aliphatic carbocycles. The molecule has 0 bridgehead atoms. The van der Waals surface area contributed by atoms with Crippen molar-refractivity contribution in [2.75, 3.05) is 47.1 Å². The first-order valence-electron chi connectivity index (χ1n) is 7.24. The summed E-state index contributed by atoms with van der Waals surface area (Å²) in [5, 5.41) is 3.37. The van der Waals surface area contributed by atoms with Gasteiger partial charge in [0.15, 0.2) is 0 Å². The lowest BCUT2D eigenvalue weighted by Gasteiger charge is -2.33. The van der Waals surface area contributed by atoms with Gasteiger partial charge in [-0.25, -0.2) is 0 Å². The second-order valence-electron chi connectivity index (χ2n) is 5.15. The lowest BCUT2D eigenvalue weighted by Crippen LogP contribution is -2.45. The van der Waals surface area contributed by atoms with E-state index in [2.05, 4.69) is 24.1 Å². The van der Waals surface area contributed by atoms with Crippen LogP contribution in [0.4, 0.5) is 0 Å². The minimum atomic E-state index is 0.504. The Morgan fingerprint density at radius 2 is 2.06 bits per heavy atom. The summed E-state index contributed by atoms with van der Waals surface area (Å²) in [4.78, 5) is 2.58. The number of nitrogens with one attached hydrogen (secondary N) is 1. The quantitative estimate of drug-likeness (QED) is 0.677. The van der Waals surface area contributed by atoms with E-state index in [4.69, 9.17) is 9.47 Å². The summed E-state index contributed by atoms with van der Waals surface area (Å²) in [5.41, 5.74) is 0. The molecule has 1 fully saturated rings. The molecule has 1 heterocycles. The second kappa shape index (κ2) is 8.86. The number of methoxy groups -OCH3 is 1. The van der Waals surface area contributed by atoms with Gasteiger partial charge in [-0.15, -0.1) is 0 Å². The van der Waals surface area contributed by atoms with Crippen molar-refractivity contribution in [2.24, 2.45) is 5.92 Å². The van der Waals surface area contributed by atoms with Crippen LogP contribution in [-0.4, -0.2) is 64.1 Å². The Bertz CT molecular complexity index is 210. The van der Waals surface area contributed by atoms with Crippen LogP contribution in [0.2, 0.25) is 0 Å². The Labute approximate surface area is 112 Å². The minimum absolute atomic E-state index is 0.504. The summed E-state index contributed by atoms with van der Waals surface area (Å²) >= 11 is 0. The summed E-state index contributed by atoms with van der Waals surface area (Å²) in [7, 11) is 3.81. The average molecular weight is 258 g/mol. The Hall–Kier alpha value is -0.160. The predicted octanol–water partition coefficient (Wildman–Crippen LogP) is 1.36. The molecule has 2 atom stereocenters. The number of rotatable bonds is 9. The third kappa shape index (κ3) is 4.50. The van der Waals surface area contributed by atoms with Crippen LogP contribution in [0.3, 0.4) is 0 Å². The maximum atomic E-state index is 5.59. The Morgan fingerprint density at radius 1 is 1.33 bits per heavy atom. The number of likely N-dealkylation sites (N-methyl/N-ethyl adjacent to an activating group) is 1. The topological polar surface area (TPSA) is 33.7 Å². The molecule has 4 heteroatoms. The third-order valence-electron chi connectivity index (χ3n) is 4.08. The van der Waals surface area contributed by atoms with Gasteiger partial charge < -0.3 is 14.8 Å². The molecular weight excluding hydrogens is 228 g/mol. The summed E-state index contributed by atoms with van der Waals surface area (Å²) < 4.78 is 10.8. The fourth-order valence-electron chi connectivity index (χ4n) is 2.84. The van der Waals surface area contributed by atoms with Gasteiger partial charge in [0.25, 0.3) is 0 Å². The zero-order chi connectivity index (χ0) is 13.4. The molecule has 1 aliphatic heterocycles. The first-order chi connectivity index (χ1) is 8.76. The molecule has 0 amide bonds. The number of hydrogen-bond donors (Lipinski definition) is 1. The normalized spacial score (nSPS) is 24.3. The molecular formula is C14H30N2O2. The SMILES string of the molecule is CCC(CC)N(CCOC)CC1COCC1NC. The van der Waals surface area contributed by atoms with Gasteiger partial charge in [0.05, 0.1) is 19.8 Å². The van der Waals surface area contributed by atoms with Crippen LogP contribution >= 0.6 is 0 Å². The lowest BCUT2D eigenvalue weighted by molar-refractivity contribution is 0.0943. The highest BCUT2D eigenvalue weighted by Crippen LogP contribution is 2.18. The van der Waals surface area contributed by atoms with Crippen molar-refractivity contribution in [1.82, 2.24) is 10.2 Å². The maximum absolute atomic E-state index is 5.59. The summed E-state index contributed by atoms with van der Waals surface area (Å²) in [6.07, 6.45) is 2.41. The standard InChI is InChI=1S/C14H30N2O2/c1-5-13(6-2)16(7-8-17-4)9-12-10-18-11-14(12)15-3/h12-15H,5-11H2,1-4H3. The highest BCUT2D eigenvalue weighted by Gasteiger charge is 2.29. The van der Waals surface area contributed by atoms with Crippen molar-refractivity contribution in [3.63, 3.8) is 0 Å². The number of hydrogen-bond acceptors (Lipinski definition) is 4. The van der Waals surface area contributed by atoms with E-state index < -0.39 is 0 Å². The predicted molar refractivity (Wildman–Crippen MR) is 75.0 cm³/mol. The van der Waals surface area contributed by atoms with Crippen LogP contribution in [0.25, 0.3) is 0 Å². The van der Waals surface area contributed by atoms with Crippen molar-refractivity contribution in [3.8, 4) is 0 Å². The summed E-state index contributed by atoms with van der Waals surface area (Å²) in [6.45, 7) is 9.23. The third-order valence-corrected chi connectivity index (χ3v) is 4.08. The molecule has 2 unspecified atom stereocenters. The lowest BCUT2D eigenvalue weighted by atomic mass is 10.0. The second-order valence-corrected chi connectivity index (χ2v) is 5.15. The first kappa shape index (κ1) is 15.9. The molecule has 0 aromatic heterocycles. The van der Waals surface area contributed by atoms with Crippen LogP contribution in [0, 0.1) is 5.92 Å². The highest BCUT2D eigenvalue weighted by atomic mass is 16.5. The van der Waals surface area contributed by atoms with Crippen molar-refractivity contribution in [3.05, 3.63) is 0 Å². The molecule has 0 aromatic rings. The van der Waals surface area contributed by atoms with Crippen LogP contribution < -0.4 is 5.32 Å². The molecule has 18 heavy (non-hydrogen) atoms. The van der Waals surface area contributed by atoms with E-state index in [9.17, 15) is 0 Å². The summed E-state index contributed by atoms with van der Waals surface area (Å²) in [6, 6.07) is 1.17. The van der Waals surface area contributed by atoms with Gasteiger partial charge in [0, 0.05) is 38.2 Å². The van der Waals surface area contributed by atoms with E-state index in [1.54, 1.807) is 7.11 Å². The minimum Gasteiger partial charge on any atom is -0.383 e. The van der Waals surface area contributed by atoms with Crippen molar-refractivity contribution >= 4 is 0 Å².